The van der Waals surface area contributed by atoms with Gasteiger partial charge in [-0.05, 0) is 11.6 Å². The van der Waals surface area contributed by atoms with Crippen molar-refractivity contribution in [3.8, 4) is 5.75 Å². The Balaban J connectivity index is 3.30. The Hall–Kier alpha value is -1.45. The lowest BCUT2D eigenvalue weighted by molar-refractivity contribution is -0.275. The molecule has 118 valence electrons. The van der Waals surface area contributed by atoms with Gasteiger partial charge in [-0.2, -0.15) is 0 Å². The van der Waals surface area contributed by atoms with E-state index in [1.165, 1.54) is 0 Å². The highest BCUT2D eigenvalue weighted by Crippen LogP contribution is 2.34. The van der Waals surface area contributed by atoms with Gasteiger partial charge in [0.05, 0.1) is 19.2 Å². The van der Waals surface area contributed by atoms with Crippen molar-refractivity contribution in [3.63, 3.8) is 0 Å². The Morgan fingerprint density at radius 1 is 1.43 bits per heavy atom. The van der Waals surface area contributed by atoms with Crippen molar-refractivity contribution in [1.29, 1.82) is 0 Å². The number of aromatic nitrogens is 1. The number of rotatable bonds is 5. The van der Waals surface area contributed by atoms with Gasteiger partial charge in [-0.15, -0.1) is 13.2 Å². The molecule has 0 atom stereocenters. The molecule has 0 spiro atoms. The molecule has 4 nitrogen and oxygen atoms in total. The van der Waals surface area contributed by atoms with E-state index < -0.39 is 36.6 Å². The van der Waals surface area contributed by atoms with E-state index in [9.17, 15) is 26.7 Å². The zero-order valence-electron chi connectivity index (χ0n) is 10.5. The lowest BCUT2D eigenvalue weighted by Crippen LogP contribution is -2.20. The van der Waals surface area contributed by atoms with Crippen LogP contribution in [0.25, 0.3) is 0 Å². The Bertz CT molecular complexity index is 521. The average molecular weight is 378 g/mol. The second-order valence-electron chi connectivity index (χ2n) is 3.71. The van der Waals surface area contributed by atoms with E-state index in [4.69, 9.17) is 0 Å². The number of alkyl halides is 6. The van der Waals surface area contributed by atoms with Gasteiger partial charge < -0.3 is 9.47 Å². The minimum Gasteiger partial charge on any atom is -0.469 e. The smallest absolute Gasteiger partial charge is 0.469 e. The van der Waals surface area contributed by atoms with Crippen LogP contribution in [0.15, 0.2) is 6.07 Å². The molecule has 1 aromatic rings. The zero-order valence-corrected chi connectivity index (χ0v) is 12.1. The van der Waals surface area contributed by atoms with Crippen LogP contribution in [-0.4, -0.2) is 24.4 Å². The zero-order chi connectivity index (χ0) is 16.2. The maximum atomic E-state index is 12.8. The third kappa shape index (κ3) is 5.10. The van der Waals surface area contributed by atoms with E-state index in [-0.39, 0.29) is 16.6 Å². The van der Waals surface area contributed by atoms with Crippen LogP contribution in [0.3, 0.4) is 0 Å². The van der Waals surface area contributed by atoms with Crippen LogP contribution in [0.4, 0.5) is 22.0 Å². The number of esters is 1. The van der Waals surface area contributed by atoms with E-state index >= 15 is 0 Å². The number of nitrogens with zero attached hydrogens (tertiary/aromatic N) is 1. The summed E-state index contributed by atoms with van der Waals surface area (Å²) in [5, 5.41) is 0.00403. The highest BCUT2D eigenvalue weighted by atomic mass is 79.9. The minimum absolute atomic E-state index is 0.00403. The molecule has 0 aliphatic heterocycles. The molecule has 0 saturated heterocycles. The largest absolute Gasteiger partial charge is 0.573 e. The first-order valence-electron chi connectivity index (χ1n) is 5.37. The molecule has 1 rings (SSSR count). The SMILES string of the molecule is COC(=O)Cc1nc(C(F)F)c(OC(F)(F)F)cc1CBr. The Morgan fingerprint density at radius 3 is 2.48 bits per heavy atom. The van der Waals surface area contributed by atoms with Crippen molar-refractivity contribution in [1.82, 2.24) is 4.98 Å². The van der Waals surface area contributed by atoms with Gasteiger partial charge in [-0.3, -0.25) is 4.79 Å². The molecule has 0 saturated carbocycles. The average Bonchev–Trinajstić information content (AvgIpc) is 2.37. The Morgan fingerprint density at radius 2 is 2.05 bits per heavy atom. The van der Waals surface area contributed by atoms with Crippen molar-refractivity contribution in [2.24, 2.45) is 0 Å². The Labute approximate surface area is 124 Å². The molecular formula is C11H9BrF5NO3. The number of carbonyl (C=O) groups is 1. The molecule has 0 radical (unpaired) electrons. The molecule has 0 N–H and O–H groups in total. The lowest BCUT2D eigenvalue weighted by atomic mass is 10.1. The minimum atomic E-state index is -5.13. The number of hydrogen-bond donors (Lipinski definition) is 0. The summed E-state index contributed by atoms with van der Waals surface area (Å²) in [4.78, 5) is 14.6. The number of halogens is 6. The van der Waals surface area contributed by atoms with E-state index in [1.54, 1.807) is 0 Å². The summed E-state index contributed by atoms with van der Waals surface area (Å²) in [6, 6.07) is 0.773. The van der Waals surface area contributed by atoms with Crippen molar-refractivity contribution in [2.75, 3.05) is 7.11 Å². The van der Waals surface area contributed by atoms with Crippen molar-refractivity contribution in [2.45, 2.75) is 24.5 Å². The first kappa shape index (κ1) is 17.6. The van der Waals surface area contributed by atoms with Gasteiger partial charge in [0, 0.05) is 5.33 Å². The molecule has 0 unspecified atom stereocenters. The van der Waals surface area contributed by atoms with Gasteiger partial charge >= 0.3 is 12.3 Å². The molecule has 0 aliphatic rings. The fraction of sp³-hybridized carbons (Fsp3) is 0.455. The summed E-state index contributed by atoms with van der Waals surface area (Å²) in [7, 11) is 1.09. The summed E-state index contributed by atoms with van der Waals surface area (Å²) >= 11 is 2.98. The van der Waals surface area contributed by atoms with Crippen LogP contribution in [-0.2, 0) is 21.3 Å². The van der Waals surface area contributed by atoms with Gasteiger partial charge in [0.2, 0.25) is 0 Å². The maximum absolute atomic E-state index is 12.8. The van der Waals surface area contributed by atoms with E-state index in [1.807, 2.05) is 0 Å². The molecule has 10 heteroatoms. The summed E-state index contributed by atoms with van der Waals surface area (Å²) < 4.78 is 70.1. The lowest BCUT2D eigenvalue weighted by Gasteiger charge is -2.15. The predicted molar refractivity (Wildman–Crippen MR) is 64.2 cm³/mol. The first-order valence-corrected chi connectivity index (χ1v) is 6.49. The van der Waals surface area contributed by atoms with Crippen LogP contribution >= 0.6 is 15.9 Å². The van der Waals surface area contributed by atoms with Gasteiger partial charge in [-0.25, -0.2) is 13.8 Å². The van der Waals surface area contributed by atoms with Gasteiger partial charge in [0.25, 0.3) is 6.43 Å². The van der Waals surface area contributed by atoms with Crippen LogP contribution in [0, 0.1) is 0 Å². The van der Waals surface area contributed by atoms with Crippen LogP contribution < -0.4 is 4.74 Å². The second-order valence-corrected chi connectivity index (χ2v) is 4.27. The van der Waals surface area contributed by atoms with Crippen molar-refractivity contribution in [3.05, 3.63) is 23.0 Å². The highest BCUT2D eigenvalue weighted by Gasteiger charge is 2.34. The van der Waals surface area contributed by atoms with Gasteiger partial charge in [0.1, 0.15) is 5.69 Å². The number of carbonyl (C=O) groups excluding carboxylic acids is 1. The van der Waals surface area contributed by atoms with E-state index in [0.717, 1.165) is 13.2 Å². The molecular weight excluding hydrogens is 369 g/mol. The van der Waals surface area contributed by atoms with Crippen LogP contribution in [0.1, 0.15) is 23.4 Å². The van der Waals surface area contributed by atoms with Crippen molar-refractivity contribution < 1.29 is 36.2 Å². The first-order chi connectivity index (χ1) is 9.67. The molecule has 0 amide bonds. The number of hydrogen-bond acceptors (Lipinski definition) is 4. The van der Waals surface area contributed by atoms with Crippen molar-refractivity contribution >= 4 is 21.9 Å². The summed E-state index contributed by atoms with van der Waals surface area (Å²) in [6.07, 6.45) is -8.86. The number of pyridine rings is 1. The third-order valence-corrected chi connectivity index (χ3v) is 2.90. The fourth-order valence-corrected chi connectivity index (χ4v) is 1.91. The third-order valence-electron chi connectivity index (χ3n) is 2.30. The topological polar surface area (TPSA) is 48.4 Å². The normalized spacial score (nSPS) is 11.6. The maximum Gasteiger partial charge on any atom is 0.573 e. The Kier molecular flexibility index (Phi) is 5.87. The van der Waals surface area contributed by atoms with E-state index in [2.05, 4.69) is 30.4 Å². The van der Waals surface area contributed by atoms with E-state index in [0.29, 0.717) is 0 Å². The summed E-state index contributed by atoms with van der Waals surface area (Å²) in [5.41, 5.74) is -1.18. The van der Waals surface area contributed by atoms with Gasteiger partial charge in [0.15, 0.2) is 5.75 Å². The molecule has 0 aromatic carbocycles. The number of ether oxygens (including phenoxy) is 2. The molecule has 0 fully saturated rings. The number of methoxy groups -OCH3 is 1. The molecule has 21 heavy (non-hydrogen) atoms. The van der Waals surface area contributed by atoms with Crippen LogP contribution in [0.5, 0.6) is 5.75 Å². The van der Waals surface area contributed by atoms with Crippen LogP contribution in [0.2, 0.25) is 0 Å². The molecule has 1 aromatic heterocycles. The highest BCUT2D eigenvalue weighted by molar-refractivity contribution is 9.08. The predicted octanol–water partition coefficient (Wildman–Crippen LogP) is 3.53. The van der Waals surface area contributed by atoms with Gasteiger partial charge in [-0.1, -0.05) is 15.9 Å². The monoisotopic (exact) mass is 377 g/mol. The standard InChI is InChI=1S/C11H9BrF5NO3/c1-20-8(19)3-6-5(4-12)2-7(21-11(15,16)17)9(18-6)10(13)14/h2,10H,3-4H2,1H3. The summed E-state index contributed by atoms with van der Waals surface area (Å²) in [5.74, 6) is -1.85. The molecule has 0 bridgehead atoms. The molecule has 0 aliphatic carbocycles. The molecule has 1 heterocycles. The summed E-state index contributed by atoms with van der Waals surface area (Å²) in [6.45, 7) is 0. The second kappa shape index (κ2) is 7.01. The quantitative estimate of drug-likeness (QED) is 0.447. The fourth-order valence-electron chi connectivity index (χ4n) is 1.43.